The van der Waals surface area contributed by atoms with Crippen LogP contribution in [0.5, 0.6) is 11.5 Å². The van der Waals surface area contributed by atoms with Crippen molar-refractivity contribution in [1.82, 2.24) is 9.88 Å². The summed E-state index contributed by atoms with van der Waals surface area (Å²) in [6.07, 6.45) is 1.98. The molecular weight excluding hydrogens is 422 g/mol. The molecule has 1 aliphatic heterocycles. The first kappa shape index (κ1) is 22.8. The Morgan fingerprint density at radius 3 is 2.45 bits per heavy atom. The predicted octanol–water partition coefficient (Wildman–Crippen LogP) is 2.00. The number of aromatic nitrogens is 1. The van der Waals surface area contributed by atoms with Crippen LogP contribution >= 0.6 is 0 Å². The Labute approximate surface area is 182 Å². The lowest BCUT2D eigenvalue weighted by molar-refractivity contribution is -0.135. The number of aryl methyl sites for hydroxylation is 2. The Bertz CT molecular complexity index is 1020. The second-order valence-corrected chi connectivity index (χ2v) is 8.79. The molecule has 1 saturated heterocycles. The average Bonchev–Trinajstić information content (AvgIpc) is 2.78. The van der Waals surface area contributed by atoms with E-state index in [1.165, 1.54) is 20.3 Å². The molecule has 0 saturated carbocycles. The number of hydrogen-bond acceptors (Lipinski definition) is 7. The summed E-state index contributed by atoms with van der Waals surface area (Å²) in [5.41, 5.74) is 1.37. The van der Waals surface area contributed by atoms with Crippen LogP contribution in [-0.2, 0) is 26.0 Å². The Kier molecular flexibility index (Phi) is 7.34. The minimum absolute atomic E-state index is 0.0160. The third kappa shape index (κ3) is 5.65. The average molecular weight is 450 g/mol. The number of carbonyl (C=O) groups excluding carboxylic acids is 1. The zero-order valence-corrected chi connectivity index (χ0v) is 18.7. The number of nitrogens with zero attached hydrogens (tertiary/aromatic N) is 2. The van der Waals surface area contributed by atoms with Gasteiger partial charge in [0.25, 0.3) is 10.0 Å². The quantitative estimate of drug-likeness (QED) is 0.657. The summed E-state index contributed by atoms with van der Waals surface area (Å²) < 4.78 is 44.7. The van der Waals surface area contributed by atoms with Crippen LogP contribution in [0.2, 0.25) is 0 Å². The van der Waals surface area contributed by atoms with Gasteiger partial charge in [-0.1, -0.05) is 6.07 Å². The number of nitrogens with one attached hydrogen (secondary N) is 1. The zero-order valence-electron chi connectivity index (χ0n) is 17.9. The van der Waals surface area contributed by atoms with E-state index in [2.05, 4.69) is 9.71 Å². The molecule has 10 heteroatoms. The van der Waals surface area contributed by atoms with Gasteiger partial charge in [-0.3, -0.25) is 9.52 Å². The number of hydrogen-bond donors (Lipinski definition) is 1. The predicted molar refractivity (Wildman–Crippen MR) is 115 cm³/mol. The maximum absolute atomic E-state index is 13.2. The van der Waals surface area contributed by atoms with Gasteiger partial charge in [0.15, 0.2) is 11.5 Å². The Morgan fingerprint density at radius 2 is 1.84 bits per heavy atom. The number of ether oxygens (including phenoxy) is 3. The fourth-order valence-corrected chi connectivity index (χ4v) is 4.56. The van der Waals surface area contributed by atoms with Crippen LogP contribution in [-0.4, -0.2) is 64.7 Å². The number of rotatable bonds is 8. The molecular formula is C21H27N3O6S. The number of carbonyl (C=O) groups is 1. The second kappa shape index (κ2) is 9.97. The molecule has 1 N–H and O–H groups in total. The Balaban J connectivity index is 1.89. The normalized spacial score (nSPS) is 14.2. The largest absolute Gasteiger partial charge is 0.493 e. The van der Waals surface area contributed by atoms with E-state index in [9.17, 15) is 13.2 Å². The summed E-state index contributed by atoms with van der Waals surface area (Å²) in [6.45, 7) is 3.96. The number of benzene rings is 1. The number of methoxy groups -OCH3 is 2. The minimum Gasteiger partial charge on any atom is -0.493 e. The van der Waals surface area contributed by atoms with Crippen LogP contribution < -0.4 is 14.2 Å². The van der Waals surface area contributed by atoms with E-state index in [1.807, 2.05) is 6.92 Å². The highest BCUT2D eigenvalue weighted by molar-refractivity contribution is 7.92. The topological polar surface area (TPSA) is 107 Å². The van der Waals surface area contributed by atoms with Crippen molar-refractivity contribution in [3.05, 3.63) is 41.6 Å². The molecule has 2 aromatic rings. The van der Waals surface area contributed by atoms with Crippen LogP contribution in [0.25, 0.3) is 0 Å². The molecule has 0 bridgehead atoms. The first-order valence-corrected chi connectivity index (χ1v) is 11.4. The van der Waals surface area contributed by atoms with Gasteiger partial charge in [-0.15, -0.1) is 0 Å². The van der Waals surface area contributed by atoms with Crippen LogP contribution in [0.3, 0.4) is 0 Å². The van der Waals surface area contributed by atoms with Gasteiger partial charge in [0.1, 0.15) is 5.82 Å². The van der Waals surface area contributed by atoms with E-state index in [1.54, 1.807) is 29.3 Å². The number of morpholine rings is 1. The smallest absolute Gasteiger partial charge is 0.263 e. The second-order valence-electron chi connectivity index (χ2n) is 7.13. The van der Waals surface area contributed by atoms with Crippen molar-refractivity contribution >= 4 is 21.7 Å². The molecule has 3 rings (SSSR count). The molecule has 2 heterocycles. The van der Waals surface area contributed by atoms with Gasteiger partial charge in [0.2, 0.25) is 5.91 Å². The first-order chi connectivity index (χ1) is 14.8. The van der Waals surface area contributed by atoms with Crippen LogP contribution in [0.15, 0.2) is 35.4 Å². The van der Waals surface area contributed by atoms with Crippen molar-refractivity contribution < 1.29 is 27.4 Å². The van der Waals surface area contributed by atoms with Crippen LogP contribution in [0.1, 0.15) is 17.5 Å². The summed E-state index contributed by atoms with van der Waals surface area (Å²) in [5.74, 6) is 0.831. The molecule has 0 atom stereocenters. The SMILES string of the molecule is COc1cc(CCC(=O)N2CCOCC2)c(S(=O)(=O)Nc2ccc(C)cn2)cc1OC. The maximum atomic E-state index is 13.2. The molecule has 1 aromatic heterocycles. The molecule has 0 radical (unpaired) electrons. The summed E-state index contributed by atoms with van der Waals surface area (Å²) in [7, 11) is -1.07. The van der Waals surface area contributed by atoms with E-state index in [0.717, 1.165) is 5.56 Å². The van der Waals surface area contributed by atoms with E-state index >= 15 is 0 Å². The summed E-state index contributed by atoms with van der Waals surface area (Å²) >= 11 is 0. The van der Waals surface area contributed by atoms with E-state index < -0.39 is 10.0 Å². The van der Waals surface area contributed by atoms with Crippen LogP contribution in [0, 0.1) is 6.92 Å². The highest BCUT2D eigenvalue weighted by Crippen LogP contribution is 2.34. The van der Waals surface area contributed by atoms with Gasteiger partial charge in [0.05, 0.1) is 32.3 Å². The molecule has 1 aliphatic rings. The summed E-state index contributed by atoms with van der Waals surface area (Å²) in [4.78, 5) is 18.4. The molecule has 1 amide bonds. The Morgan fingerprint density at radius 1 is 1.16 bits per heavy atom. The van der Waals surface area contributed by atoms with Gasteiger partial charge in [-0.25, -0.2) is 13.4 Å². The highest BCUT2D eigenvalue weighted by Gasteiger charge is 2.24. The zero-order chi connectivity index (χ0) is 22.4. The molecule has 31 heavy (non-hydrogen) atoms. The van der Waals surface area contributed by atoms with Crippen molar-refractivity contribution in [3.63, 3.8) is 0 Å². The molecule has 168 valence electrons. The molecule has 0 spiro atoms. The third-order valence-corrected chi connectivity index (χ3v) is 6.42. The van der Waals surface area contributed by atoms with E-state index in [0.29, 0.717) is 37.6 Å². The lowest BCUT2D eigenvalue weighted by atomic mass is 10.1. The summed E-state index contributed by atoms with van der Waals surface area (Å²) in [5, 5.41) is 0. The fraction of sp³-hybridized carbons (Fsp3) is 0.429. The Hall–Kier alpha value is -2.85. The third-order valence-electron chi connectivity index (χ3n) is 4.98. The van der Waals surface area contributed by atoms with Gasteiger partial charge in [-0.2, -0.15) is 0 Å². The van der Waals surface area contributed by atoms with Gasteiger partial charge in [-0.05, 0) is 36.6 Å². The molecule has 0 unspecified atom stereocenters. The fourth-order valence-electron chi connectivity index (χ4n) is 3.28. The van der Waals surface area contributed by atoms with Crippen molar-refractivity contribution in [1.29, 1.82) is 0 Å². The number of sulfonamides is 1. The van der Waals surface area contributed by atoms with Crippen molar-refractivity contribution in [3.8, 4) is 11.5 Å². The lowest BCUT2D eigenvalue weighted by Gasteiger charge is -2.27. The standard InChI is InChI=1S/C21H27N3O6S/c1-15-4-6-20(22-14-15)23-31(26,27)19-13-18(29-3)17(28-2)12-16(19)5-7-21(25)24-8-10-30-11-9-24/h4,6,12-14H,5,7-11H2,1-3H3,(H,22,23). The van der Waals surface area contributed by atoms with Gasteiger partial charge in [0, 0.05) is 31.8 Å². The number of amides is 1. The number of anilines is 1. The van der Waals surface area contributed by atoms with Crippen molar-refractivity contribution in [2.24, 2.45) is 0 Å². The van der Waals surface area contributed by atoms with Gasteiger partial charge >= 0.3 is 0 Å². The monoisotopic (exact) mass is 449 g/mol. The molecule has 1 aromatic carbocycles. The molecule has 0 aliphatic carbocycles. The minimum atomic E-state index is -3.98. The molecule has 9 nitrogen and oxygen atoms in total. The van der Waals surface area contributed by atoms with E-state index in [4.69, 9.17) is 14.2 Å². The van der Waals surface area contributed by atoms with Crippen molar-refractivity contribution in [2.75, 3.05) is 45.2 Å². The highest BCUT2D eigenvalue weighted by atomic mass is 32.2. The van der Waals surface area contributed by atoms with Gasteiger partial charge < -0.3 is 19.1 Å². The summed E-state index contributed by atoms with van der Waals surface area (Å²) in [6, 6.07) is 6.36. The molecule has 1 fully saturated rings. The first-order valence-electron chi connectivity index (χ1n) is 9.90. The lowest BCUT2D eigenvalue weighted by Crippen LogP contribution is -2.40. The maximum Gasteiger partial charge on any atom is 0.263 e. The van der Waals surface area contributed by atoms with Crippen LogP contribution in [0.4, 0.5) is 5.82 Å². The van der Waals surface area contributed by atoms with E-state index in [-0.39, 0.29) is 35.2 Å². The van der Waals surface area contributed by atoms with Crippen molar-refractivity contribution in [2.45, 2.75) is 24.7 Å². The number of pyridine rings is 1.